The molecular weight excluding hydrogens is 204 g/mol. The molecule has 1 amide bonds. The number of hydrogen-bond donors (Lipinski definition) is 2. The summed E-state index contributed by atoms with van der Waals surface area (Å²) in [7, 11) is 0. The minimum Gasteiger partial charge on any atom is -0.378 e. The third-order valence-electron chi connectivity index (χ3n) is 3.63. The van der Waals surface area contributed by atoms with E-state index in [1.54, 1.807) is 0 Å². The van der Waals surface area contributed by atoms with Crippen LogP contribution in [0.15, 0.2) is 0 Å². The molecule has 4 nitrogen and oxygen atoms in total. The molecule has 2 N–H and O–H groups in total. The number of carbonyl (C=O) groups excluding carboxylic acids is 1. The van der Waals surface area contributed by atoms with Gasteiger partial charge in [0.15, 0.2) is 0 Å². The van der Waals surface area contributed by atoms with Crippen molar-refractivity contribution in [3.63, 3.8) is 0 Å². The van der Waals surface area contributed by atoms with Gasteiger partial charge in [0.2, 0.25) is 5.91 Å². The van der Waals surface area contributed by atoms with E-state index in [9.17, 15) is 4.79 Å². The summed E-state index contributed by atoms with van der Waals surface area (Å²) in [6.07, 6.45) is 3.99. The molecule has 2 saturated heterocycles. The average molecular weight is 226 g/mol. The highest BCUT2D eigenvalue weighted by molar-refractivity contribution is 5.76. The predicted molar refractivity (Wildman–Crippen MR) is 62.2 cm³/mol. The largest absolute Gasteiger partial charge is 0.378 e. The van der Waals surface area contributed by atoms with Crippen LogP contribution in [0, 0.1) is 5.92 Å². The molecule has 0 aromatic heterocycles. The van der Waals surface area contributed by atoms with Gasteiger partial charge in [0.25, 0.3) is 0 Å². The van der Waals surface area contributed by atoms with Gasteiger partial charge in [-0.25, -0.2) is 0 Å². The minimum atomic E-state index is 0.145. The van der Waals surface area contributed by atoms with Crippen LogP contribution in [0.25, 0.3) is 0 Å². The second-order valence-corrected chi connectivity index (χ2v) is 4.95. The van der Waals surface area contributed by atoms with Gasteiger partial charge in [-0.05, 0) is 45.2 Å². The molecule has 4 heteroatoms. The molecule has 2 aliphatic rings. The Bertz CT molecular complexity index is 233. The van der Waals surface area contributed by atoms with E-state index in [0.717, 1.165) is 32.5 Å². The van der Waals surface area contributed by atoms with Crippen LogP contribution < -0.4 is 10.6 Å². The van der Waals surface area contributed by atoms with E-state index in [1.807, 2.05) is 0 Å². The number of rotatable bonds is 4. The van der Waals surface area contributed by atoms with Gasteiger partial charge in [0, 0.05) is 12.6 Å². The van der Waals surface area contributed by atoms with Crippen molar-refractivity contribution in [1.29, 1.82) is 0 Å². The maximum Gasteiger partial charge on any atom is 0.222 e. The third-order valence-corrected chi connectivity index (χ3v) is 3.63. The summed E-state index contributed by atoms with van der Waals surface area (Å²) in [6.45, 7) is 5.03. The van der Waals surface area contributed by atoms with Gasteiger partial charge < -0.3 is 15.4 Å². The van der Waals surface area contributed by atoms with E-state index in [4.69, 9.17) is 4.74 Å². The minimum absolute atomic E-state index is 0.145. The van der Waals surface area contributed by atoms with Crippen molar-refractivity contribution < 1.29 is 9.53 Å². The first-order valence-corrected chi connectivity index (χ1v) is 6.37. The Morgan fingerprint density at radius 2 is 2.44 bits per heavy atom. The Hall–Kier alpha value is -0.610. The van der Waals surface area contributed by atoms with Crippen LogP contribution in [0.5, 0.6) is 0 Å². The van der Waals surface area contributed by atoms with Gasteiger partial charge in [0.1, 0.15) is 0 Å². The Labute approximate surface area is 97.1 Å². The van der Waals surface area contributed by atoms with Crippen LogP contribution in [0.1, 0.15) is 32.6 Å². The van der Waals surface area contributed by atoms with Crippen molar-refractivity contribution >= 4 is 5.91 Å². The maximum atomic E-state index is 11.8. The molecule has 0 saturated carbocycles. The van der Waals surface area contributed by atoms with Crippen molar-refractivity contribution in [1.82, 2.24) is 10.6 Å². The summed E-state index contributed by atoms with van der Waals surface area (Å²) in [4.78, 5) is 11.8. The molecule has 2 aliphatic heterocycles. The monoisotopic (exact) mass is 226 g/mol. The zero-order valence-electron chi connectivity index (χ0n) is 10.00. The fourth-order valence-electron chi connectivity index (χ4n) is 2.55. The number of amides is 1. The molecule has 2 heterocycles. The molecule has 0 radical (unpaired) electrons. The highest BCUT2D eigenvalue weighted by Gasteiger charge is 2.24. The molecular formula is C12H22N2O2. The predicted octanol–water partition coefficient (Wildman–Crippen LogP) is 0.670. The topological polar surface area (TPSA) is 50.4 Å². The van der Waals surface area contributed by atoms with Gasteiger partial charge in [0.05, 0.1) is 12.5 Å². The summed E-state index contributed by atoms with van der Waals surface area (Å²) in [6, 6.07) is 0.281. The van der Waals surface area contributed by atoms with Crippen molar-refractivity contribution in [2.24, 2.45) is 5.92 Å². The van der Waals surface area contributed by atoms with Crippen molar-refractivity contribution in [2.75, 3.05) is 19.7 Å². The van der Waals surface area contributed by atoms with Gasteiger partial charge in [-0.2, -0.15) is 0 Å². The summed E-state index contributed by atoms with van der Waals surface area (Å²) < 4.78 is 5.46. The van der Waals surface area contributed by atoms with E-state index >= 15 is 0 Å². The second kappa shape index (κ2) is 5.64. The van der Waals surface area contributed by atoms with Crippen LogP contribution >= 0.6 is 0 Å². The molecule has 3 unspecified atom stereocenters. The quantitative estimate of drug-likeness (QED) is 0.741. The zero-order chi connectivity index (χ0) is 11.4. The van der Waals surface area contributed by atoms with Crippen molar-refractivity contribution in [2.45, 2.75) is 44.8 Å². The van der Waals surface area contributed by atoms with Crippen LogP contribution in [0.3, 0.4) is 0 Å². The Kier molecular flexibility index (Phi) is 4.18. The summed E-state index contributed by atoms with van der Waals surface area (Å²) in [5.74, 6) is 0.736. The van der Waals surface area contributed by atoms with Crippen LogP contribution in [-0.4, -0.2) is 37.7 Å². The lowest BCUT2D eigenvalue weighted by Crippen LogP contribution is -2.40. The van der Waals surface area contributed by atoms with Crippen LogP contribution in [-0.2, 0) is 9.53 Å². The van der Waals surface area contributed by atoms with E-state index in [0.29, 0.717) is 12.3 Å². The Morgan fingerprint density at radius 3 is 3.06 bits per heavy atom. The van der Waals surface area contributed by atoms with Crippen LogP contribution in [0.4, 0.5) is 0 Å². The molecule has 2 fully saturated rings. The molecule has 0 bridgehead atoms. The Balaban J connectivity index is 1.68. The normalized spacial score (nSPS) is 31.6. The standard InChI is InChI=1S/C12H22N2O2/c1-9(10-4-5-13-8-10)14-12(15)7-11-3-2-6-16-11/h9-11,13H,2-8H2,1H3,(H,14,15). The smallest absolute Gasteiger partial charge is 0.222 e. The average Bonchev–Trinajstić information content (AvgIpc) is 2.88. The number of nitrogens with one attached hydrogen (secondary N) is 2. The zero-order valence-corrected chi connectivity index (χ0v) is 10.00. The van der Waals surface area contributed by atoms with Gasteiger partial charge in [-0.3, -0.25) is 4.79 Å². The highest BCUT2D eigenvalue weighted by Crippen LogP contribution is 2.16. The van der Waals surface area contributed by atoms with Crippen molar-refractivity contribution in [3.05, 3.63) is 0 Å². The van der Waals surface area contributed by atoms with E-state index in [2.05, 4.69) is 17.6 Å². The summed E-state index contributed by atoms with van der Waals surface area (Å²) in [5.41, 5.74) is 0. The third kappa shape index (κ3) is 3.19. The molecule has 3 atom stereocenters. The molecule has 2 rings (SSSR count). The SMILES string of the molecule is CC(NC(=O)CC1CCCO1)C1CCNC1. The fourth-order valence-corrected chi connectivity index (χ4v) is 2.55. The van der Waals surface area contributed by atoms with Gasteiger partial charge >= 0.3 is 0 Å². The first kappa shape index (κ1) is 11.9. The number of hydrogen-bond acceptors (Lipinski definition) is 3. The number of carbonyl (C=O) groups is 1. The molecule has 0 spiro atoms. The lowest BCUT2D eigenvalue weighted by atomic mass is 10.0. The molecule has 92 valence electrons. The molecule has 16 heavy (non-hydrogen) atoms. The van der Waals surface area contributed by atoms with Crippen LogP contribution in [0.2, 0.25) is 0 Å². The molecule has 0 aromatic carbocycles. The summed E-state index contributed by atoms with van der Waals surface area (Å²) in [5, 5.41) is 6.41. The van der Waals surface area contributed by atoms with Gasteiger partial charge in [-0.1, -0.05) is 0 Å². The lowest BCUT2D eigenvalue weighted by Gasteiger charge is -2.20. The first-order chi connectivity index (χ1) is 7.75. The lowest BCUT2D eigenvalue weighted by molar-refractivity contribution is -0.124. The van der Waals surface area contributed by atoms with E-state index < -0.39 is 0 Å². The van der Waals surface area contributed by atoms with E-state index in [-0.39, 0.29) is 18.1 Å². The number of ether oxygens (including phenoxy) is 1. The fraction of sp³-hybridized carbons (Fsp3) is 0.917. The highest BCUT2D eigenvalue weighted by atomic mass is 16.5. The maximum absolute atomic E-state index is 11.8. The first-order valence-electron chi connectivity index (χ1n) is 6.37. The van der Waals surface area contributed by atoms with E-state index in [1.165, 1.54) is 6.42 Å². The molecule has 0 aromatic rings. The second-order valence-electron chi connectivity index (χ2n) is 4.95. The molecule has 0 aliphatic carbocycles. The van der Waals surface area contributed by atoms with Gasteiger partial charge in [-0.15, -0.1) is 0 Å². The Morgan fingerprint density at radius 1 is 1.56 bits per heavy atom. The summed E-state index contributed by atoms with van der Waals surface area (Å²) >= 11 is 0. The van der Waals surface area contributed by atoms with Crippen molar-refractivity contribution in [3.8, 4) is 0 Å².